The second-order valence-corrected chi connectivity index (χ2v) is 6.38. The number of anilines is 1. The molecule has 0 bridgehead atoms. The van der Waals surface area contributed by atoms with Crippen molar-refractivity contribution in [3.63, 3.8) is 0 Å². The molecule has 0 heterocycles. The Morgan fingerprint density at radius 2 is 1.95 bits per heavy atom. The molecule has 0 atom stereocenters. The van der Waals surface area contributed by atoms with Crippen LogP contribution in [0.15, 0.2) is 45.3 Å². The first-order chi connectivity index (χ1) is 10.0. The molecule has 0 radical (unpaired) electrons. The van der Waals surface area contributed by atoms with Crippen molar-refractivity contribution in [1.82, 2.24) is 0 Å². The van der Waals surface area contributed by atoms with Gasteiger partial charge in [-0.2, -0.15) is 0 Å². The van der Waals surface area contributed by atoms with Gasteiger partial charge in [-0.25, -0.2) is 4.79 Å². The van der Waals surface area contributed by atoms with E-state index in [1.54, 1.807) is 12.1 Å². The molecule has 0 aliphatic heterocycles. The lowest BCUT2D eigenvalue weighted by atomic mass is 10.1. The molecule has 0 unspecified atom stereocenters. The predicted molar refractivity (Wildman–Crippen MR) is 91.7 cm³/mol. The van der Waals surface area contributed by atoms with Crippen LogP contribution in [0, 0.1) is 6.92 Å². The Labute approximate surface area is 141 Å². The van der Waals surface area contributed by atoms with E-state index >= 15 is 0 Å². The van der Waals surface area contributed by atoms with Crippen LogP contribution in [0.1, 0.15) is 21.5 Å². The lowest BCUT2D eigenvalue weighted by molar-refractivity contribution is 0.0600. The van der Waals surface area contributed by atoms with Gasteiger partial charge in [0.25, 0.3) is 0 Å². The van der Waals surface area contributed by atoms with Crippen LogP contribution >= 0.6 is 31.9 Å². The molecule has 3 nitrogen and oxygen atoms in total. The van der Waals surface area contributed by atoms with Crippen LogP contribution in [0.2, 0.25) is 0 Å². The Morgan fingerprint density at radius 3 is 2.62 bits per heavy atom. The van der Waals surface area contributed by atoms with Crippen molar-refractivity contribution < 1.29 is 9.53 Å². The summed E-state index contributed by atoms with van der Waals surface area (Å²) in [6, 6.07) is 11.6. The Balaban J connectivity index is 2.13. The minimum atomic E-state index is -0.335. The molecule has 1 N–H and O–H groups in total. The lowest BCUT2D eigenvalue weighted by Crippen LogP contribution is -2.05. The van der Waals surface area contributed by atoms with E-state index in [4.69, 9.17) is 4.74 Å². The number of carbonyl (C=O) groups is 1. The number of nitrogens with one attached hydrogen (secondary N) is 1. The maximum atomic E-state index is 11.5. The Kier molecular flexibility index (Phi) is 5.42. The first-order valence-electron chi connectivity index (χ1n) is 6.38. The Morgan fingerprint density at radius 1 is 1.19 bits per heavy atom. The molecule has 2 rings (SSSR count). The molecule has 0 saturated heterocycles. The molecule has 2 aromatic carbocycles. The van der Waals surface area contributed by atoms with E-state index in [1.165, 1.54) is 12.7 Å². The number of methoxy groups -OCH3 is 1. The van der Waals surface area contributed by atoms with Gasteiger partial charge in [0.2, 0.25) is 0 Å². The summed E-state index contributed by atoms with van der Waals surface area (Å²) in [7, 11) is 1.38. The summed E-state index contributed by atoms with van der Waals surface area (Å²) < 4.78 is 6.63. The summed E-state index contributed by atoms with van der Waals surface area (Å²) in [5, 5.41) is 3.40. The minimum absolute atomic E-state index is 0.335. The topological polar surface area (TPSA) is 38.3 Å². The molecule has 0 fully saturated rings. The molecule has 21 heavy (non-hydrogen) atoms. The van der Waals surface area contributed by atoms with E-state index in [-0.39, 0.29) is 5.97 Å². The average molecular weight is 413 g/mol. The summed E-state index contributed by atoms with van der Waals surface area (Å²) in [6.07, 6.45) is 0. The predicted octanol–water partition coefficient (Wildman–Crippen LogP) is 4.92. The van der Waals surface area contributed by atoms with E-state index in [1.807, 2.05) is 18.2 Å². The first kappa shape index (κ1) is 16.0. The molecular formula is C16H15Br2NO2. The quantitative estimate of drug-likeness (QED) is 0.724. The molecule has 0 aliphatic carbocycles. The van der Waals surface area contributed by atoms with E-state index < -0.39 is 0 Å². The molecule has 5 heteroatoms. The number of esters is 1. The average Bonchev–Trinajstić information content (AvgIpc) is 2.48. The van der Waals surface area contributed by atoms with Crippen LogP contribution < -0.4 is 5.32 Å². The fourth-order valence-corrected chi connectivity index (χ4v) is 2.79. The number of benzene rings is 2. The van der Waals surface area contributed by atoms with Gasteiger partial charge in [0.15, 0.2) is 0 Å². The summed E-state index contributed by atoms with van der Waals surface area (Å²) in [5.74, 6) is -0.335. The summed E-state index contributed by atoms with van der Waals surface area (Å²) in [5.41, 5.74) is 3.86. The number of aryl methyl sites for hydroxylation is 1. The molecule has 2 aromatic rings. The fraction of sp³-hybridized carbons (Fsp3) is 0.188. The van der Waals surface area contributed by atoms with E-state index in [2.05, 4.69) is 50.2 Å². The first-order valence-corrected chi connectivity index (χ1v) is 7.96. The van der Waals surface area contributed by atoms with Gasteiger partial charge in [-0.1, -0.05) is 44.0 Å². The van der Waals surface area contributed by atoms with Gasteiger partial charge in [-0.3, -0.25) is 0 Å². The van der Waals surface area contributed by atoms with Crippen LogP contribution in [0.5, 0.6) is 0 Å². The van der Waals surface area contributed by atoms with Crippen molar-refractivity contribution in [1.29, 1.82) is 0 Å². The van der Waals surface area contributed by atoms with Gasteiger partial charge >= 0.3 is 5.97 Å². The van der Waals surface area contributed by atoms with E-state index in [9.17, 15) is 4.79 Å². The molecule has 0 amide bonds. The highest BCUT2D eigenvalue weighted by molar-refractivity contribution is 9.10. The van der Waals surface area contributed by atoms with E-state index in [0.717, 1.165) is 20.2 Å². The zero-order chi connectivity index (χ0) is 15.4. The maximum Gasteiger partial charge on any atom is 0.337 e. The number of ether oxygens (including phenoxy) is 1. The molecule has 0 aliphatic rings. The fourth-order valence-electron chi connectivity index (χ4n) is 1.91. The number of halogens is 2. The van der Waals surface area contributed by atoms with Gasteiger partial charge in [0.05, 0.1) is 12.7 Å². The third-order valence-corrected chi connectivity index (χ3v) is 4.37. The van der Waals surface area contributed by atoms with Crippen LogP contribution in [-0.4, -0.2) is 13.1 Å². The van der Waals surface area contributed by atoms with Crippen molar-refractivity contribution in [3.05, 3.63) is 62.0 Å². The molecular weight excluding hydrogens is 398 g/mol. The second-order valence-electron chi connectivity index (χ2n) is 4.61. The van der Waals surface area contributed by atoms with Crippen molar-refractivity contribution in [3.8, 4) is 0 Å². The zero-order valence-corrected chi connectivity index (χ0v) is 14.9. The van der Waals surface area contributed by atoms with Crippen LogP contribution in [-0.2, 0) is 11.3 Å². The van der Waals surface area contributed by atoms with Crippen molar-refractivity contribution in [2.24, 2.45) is 0 Å². The molecule has 0 spiro atoms. The Hall–Kier alpha value is -1.33. The number of carbonyl (C=O) groups excluding carboxylic acids is 1. The van der Waals surface area contributed by atoms with Crippen molar-refractivity contribution in [2.75, 3.05) is 12.4 Å². The van der Waals surface area contributed by atoms with Crippen LogP contribution in [0.4, 0.5) is 5.69 Å². The largest absolute Gasteiger partial charge is 0.465 e. The highest BCUT2D eigenvalue weighted by atomic mass is 79.9. The van der Waals surface area contributed by atoms with Gasteiger partial charge < -0.3 is 10.1 Å². The SMILES string of the molecule is COC(=O)c1ccc(CNc2cc(Br)ccc2C)c(Br)c1. The minimum Gasteiger partial charge on any atom is -0.465 e. The van der Waals surface area contributed by atoms with Crippen LogP contribution in [0.25, 0.3) is 0 Å². The molecule has 0 aromatic heterocycles. The highest BCUT2D eigenvalue weighted by Gasteiger charge is 2.08. The number of hydrogen-bond acceptors (Lipinski definition) is 3. The standard InChI is InChI=1S/C16H15Br2NO2/c1-10-3-6-13(17)8-15(10)19-9-12-5-4-11(7-14(12)18)16(20)21-2/h3-8,19H,9H2,1-2H3. The summed E-state index contributed by atoms with van der Waals surface area (Å²) in [6.45, 7) is 2.73. The lowest BCUT2D eigenvalue weighted by Gasteiger charge is -2.12. The van der Waals surface area contributed by atoms with Gasteiger partial charge in [-0.15, -0.1) is 0 Å². The third-order valence-electron chi connectivity index (χ3n) is 3.14. The normalized spacial score (nSPS) is 10.3. The van der Waals surface area contributed by atoms with Gasteiger partial charge in [-0.05, 0) is 42.3 Å². The zero-order valence-electron chi connectivity index (χ0n) is 11.7. The van der Waals surface area contributed by atoms with Crippen molar-refractivity contribution >= 4 is 43.5 Å². The number of hydrogen-bond donors (Lipinski definition) is 1. The smallest absolute Gasteiger partial charge is 0.337 e. The summed E-state index contributed by atoms with van der Waals surface area (Å²) in [4.78, 5) is 11.5. The van der Waals surface area contributed by atoms with Crippen LogP contribution in [0.3, 0.4) is 0 Å². The van der Waals surface area contributed by atoms with Gasteiger partial charge in [0, 0.05) is 21.2 Å². The summed E-state index contributed by atoms with van der Waals surface area (Å²) >= 11 is 6.96. The highest BCUT2D eigenvalue weighted by Crippen LogP contribution is 2.24. The number of rotatable bonds is 4. The third kappa shape index (κ3) is 4.08. The maximum absolute atomic E-state index is 11.5. The van der Waals surface area contributed by atoms with Gasteiger partial charge in [0.1, 0.15) is 0 Å². The second kappa shape index (κ2) is 7.09. The van der Waals surface area contributed by atoms with E-state index in [0.29, 0.717) is 12.1 Å². The monoisotopic (exact) mass is 411 g/mol. The molecule has 0 saturated carbocycles. The molecule has 110 valence electrons. The Bertz CT molecular complexity index is 671. The van der Waals surface area contributed by atoms with Crippen molar-refractivity contribution in [2.45, 2.75) is 13.5 Å².